The van der Waals surface area contributed by atoms with Crippen LogP contribution in [-0.2, 0) is 14.3 Å². The molecule has 0 aliphatic rings. The highest BCUT2D eigenvalue weighted by Crippen LogP contribution is 2.17. The van der Waals surface area contributed by atoms with E-state index in [9.17, 15) is 19.8 Å². The van der Waals surface area contributed by atoms with E-state index >= 15 is 0 Å². The Kier molecular flexibility index (Phi) is 49.5. The lowest BCUT2D eigenvalue weighted by Gasteiger charge is -2.24. The molecule has 3 atom stereocenters. The smallest absolute Gasteiger partial charge is 0.306 e. The number of esters is 1. The number of aliphatic hydroxyl groups excluding tert-OH is 2. The van der Waals surface area contributed by atoms with Crippen LogP contribution in [-0.4, -0.2) is 46.9 Å². The molecular formula is C57H107NO5. The van der Waals surface area contributed by atoms with Crippen LogP contribution in [0.15, 0.2) is 36.5 Å². The molecule has 0 aromatic rings. The summed E-state index contributed by atoms with van der Waals surface area (Å²) < 4.78 is 5.92. The van der Waals surface area contributed by atoms with Crippen molar-refractivity contribution in [2.75, 3.05) is 6.61 Å². The van der Waals surface area contributed by atoms with Gasteiger partial charge in [-0.05, 0) is 70.6 Å². The van der Waals surface area contributed by atoms with Gasteiger partial charge in [0.25, 0.3) is 0 Å². The molecule has 1 amide bonds. The summed E-state index contributed by atoms with van der Waals surface area (Å²) in [6, 6.07) is -0.716. The van der Waals surface area contributed by atoms with E-state index in [2.05, 4.69) is 62.5 Å². The van der Waals surface area contributed by atoms with Crippen molar-refractivity contribution >= 4 is 11.9 Å². The maximum Gasteiger partial charge on any atom is 0.306 e. The first kappa shape index (κ1) is 61.1. The van der Waals surface area contributed by atoms with Gasteiger partial charge in [-0.25, -0.2) is 0 Å². The molecule has 0 spiro atoms. The summed E-state index contributed by atoms with van der Waals surface area (Å²) >= 11 is 0. The number of unbranched alkanes of at least 4 members (excludes halogenated alkanes) is 33. The highest BCUT2D eigenvalue weighted by molar-refractivity contribution is 5.77. The molecule has 6 heteroatoms. The second-order valence-electron chi connectivity index (χ2n) is 19.0. The third-order valence-electron chi connectivity index (χ3n) is 12.7. The topological polar surface area (TPSA) is 95.9 Å². The van der Waals surface area contributed by atoms with Gasteiger partial charge in [-0.3, -0.25) is 9.59 Å². The quantitative estimate of drug-likeness (QED) is 0.0245. The van der Waals surface area contributed by atoms with Crippen LogP contribution in [0.25, 0.3) is 0 Å². The van der Waals surface area contributed by atoms with Crippen LogP contribution in [0.4, 0.5) is 0 Å². The van der Waals surface area contributed by atoms with Gasteiger partial charge < -0.3 is 20.3 Å². The van der Waals surface area contributed by atoms with Gasteiger partial charge in [-0.1, -0.05) is 243 Å². The first-order valence-electron chi connectivity index (χ1n) is 27.7. The zero-order valence-electron chi connectivity index (χ0n) is 42.2. The van der Waals surface area contributed by atoms with Gasteiger partial charge in [-0.2, -0.15) is 0 Å². The van der Waals surface area contributed by atoms with E-state index in [1.165, 1.54) is 180 Å². The van der Waals surface area contributed by atoms with Crippen LogP contribution in [0.5, 0.6) is 0 Å². The molecule has 0 bridgehead atoms. The van der Waals surface area contributed by atoms with Crippen molar-refractivity contribution in [1.82, 2.24) is 5.32 Å². The van der Waals surface area contributed by atoms with E-state index in [1.54, 1.807) is 0 Å². The third-order valence-corrected chi connectivity index (χ3v) is 12.7. The number of hydrogen-bond acceptors (Lipinski definition) is 5. The number of ether oxygens (including phenoxy) is 1. The Morgan fingerprint density at radius 1 is 0.460 bits per heavy atom. The van der Waals surface area contributed by atoms with Gasteiger partial charge in [0.1, 0.15) is 6.10 Å². The van der Waals surface area contributed by atoms with Gasteiger partial charge in [0.05, 0.1) is 25.2 Å². The fourth-order valence-corrected chi connectivity index (χ4v) is 8.48. The summed E-state index contributed by atoms with van der Waals surface area (Å²) in [6.07, 6.45) is 60.7. The number of allylic oxidation sites excluding steroid dienone is 6. The van der Waals surface area contributed by atoms with E-state index in [0.717, 1.165) is 64.2 Å². The third kappa shape index (κ3) is 46.4. The predicted octanol–water partition coefficient (Wildman–Crippen LogP) is 16.8. The number of hydrogen-bond donors (Lipinski definition) is 3. The largest absolute Gasteiger partial charge is 0.462 e. The van der Waals surface area contributed by atoms with Crippen LogP contribution >= 0.6 is 0 Å². The number of carbonyl (C=O) groups excluding carboxylic acids is 2. The van der Waals surface area contributed by atoms with Crippen molar-refractivity contribution < 1.29 is 24.5 Å². The van der Waals surface area contributed by atoms with E-state index in [0.29, 0.717) is 19.3 Å². The van der Waals surface area contributed by atoms with Crippen LogP contribution in [0.1, 0.15) is 290 Å². The van der Waals surface area contributed by atoms with E-state index in [4.69, 9.17) is 4.74 Å². The highest BCUT2D eigenvalue weighted by Gasteiger charge is 2.24. The summed E-state index contributed by atoms with van der Waals surface area (Å²) in [6.45, 7) is 6.48. The Balaban J connectivity index is 4.61. The second-order valence-corrected chi connectivity index (χ2v) is 19.0. The van der Waals surface area contributed by atoms with Crippen molar-refractivity contribution in [3.63, 3.8) is 0 Å². The van der Waals surface area contributed by atoms with Crippen LogP contribution in [0, 0.1) is 0 Å². The van der Waals surface area contributed by atoms with Crippen molar-refractivity contribution in [3.8, 4) is 0 Å². The maximum absolute atomic E-state index is 13.2. The summed E-state index contributed by atoms with van der Waals surface area (Å²) in [5, 5.41) is 23.8. The summed E-state index contributed by atoms with van der Waals surface area (Å²) in [7, 11) is 0. The highest BCUT2D eigenvalue weighted by atomic mass is 16.5. The molecule has 3 N–H and O–H groups in total. The molecule has 0 radical (unpaired) electrons. The summed E-state index contributed by atoms with van der Waals surface area (Å²) in [4.78, 5) is 26.2. The lowest BCUT2D eigenvalue weighted by Crippen LogP contribution is -2.46. The minimum absolute atomic E-state index is 0.0440. The second kappa shape index (κ2) is 51.1. The minimum Gasteiger partial charge on any atom is -0.462 e. The van der Waals surface area contributed by atoms with Crippen molar-refractivity contribution in [2.24, 2.45) is 0 Å². The normalized spacial score (nSPS) is 13.4. The average molecular weight is 886 g/mol. The monoisotopic (exact) mass is 886 g/mol. The van der Waals surface area contributed by atoms with Crippen LogP contribution < -0.4 is 5.32 Å². The molecule has 6 nitrogen and oxygen atoms in total. The molecule has 63 heavy (non-hydrogen) atoms. The fourth-order valence-electron chi connectivity index (χ4n) is 8.48. The minimum atomic E-state index is -0.799. The molecule has 0 heterocycles. The molecular weight excluding hydrogens is 779 g/mol. The number of rotatable bonds is 50. The Morgan fingerprint density at radius 2 is 0.825 bits per heavy atom. The summed E-state index contributed by atoms with van der Waals surface area (Å²) in [5.41, 5.74) is 0. The molecule has 0 saturated heterocycles. The Labute approximate surface area is 392 Å². The SMILES string of the molecule is CCCCCCCCC/C=C/C=C/CCCC(CC(=O)NC(CO)C(O)CCCCCCCCCCCCCCCC)OC(=O)CCCCCCC/C=C/CCCCCCCCC. The summed E-state index contributed by atoms with van der Waals surface area (Å²) in [5.74, 6) is -0.520. The van der Waals surface area contributed by atoms with E-state index in [-0.39, 0.29) is 24.9 Å². The van der Waals surface area contributed by atoms with Gasteiger partial charge >= 0.3 is 5.97 Å². The van der Waals surface area contributed by atoms with Crippen LogP contribution in [0.3, 0.4) is 0 Å². The predicted molar refractivity (Wildman–Crippen MR) is 273 cm³/mol. The first-order valence-corrected chi connectivity index (χ1v) is 27.7. The maximum atomic E-state index is 13.2. The molecule has 0 aliphatic heterocycles. The molecule has 0 fully saturated rings. The number of nitrogens with one attached hydrogen (secondary N) is 1. The average Bonchev–Trinajstić information content (AvgIpc) is 3.28. The Hall–Kier alpha value is -1.92. The number of aliphatic hydroxyl groups is 2. The van der Waals surface area contributed by atoms with Gasteiger partial charge in [-0.15, -0.1) is 0 Å². The molecule has 0 aliphatic carbocycles. The molecule has 0 aromatic carbocycles. The van der Waals surface area contributed by atoms with Crippen molar-refractivity contribution in [2.45, 2.75) is 309 Å². The Bertz CT molecular complexity index is 1040. The lowest BCUT2D eigenvalue weighted by molar-refractivity contribution is -0.151. The lowest BCUT2D eigenvalue weighted by atomic mass is 10.0. The molecule has 0 saturated carbocycles. The zero-order valence-corrected chi connectivity index (χ0v) is 42.2. The van der Waals surface area contributed by atoms with Gasteiger partial charge in [0, 0.05) is 6.42 Å². The molecule has 3 unspecified atom stereocenters. The fraction of sp³-hybridized carbons (Fsp3) is 0.860. The van der Waals surface area contributed by atoms with Gasteiger partial charge in [0.2, 0.25) is 5.91 Å². The number of amides is 1. The molecule has 0 rings (SSSR count). The van der Waals surface area contributed by atoms with Gasteiger partial charge in [0.15, 0.2) is 0 Å². The number of carbonyl (C=O) groups is 2. The van der Waals surface area contributed by atoms with Crippen molar-refractivity contribution in [1.29, 1.82) is 0 Å². The zero-order chi connectivity index (χ0) is 45.9. The molecule has 0 aromatic heterocycles. The van der Waals surface area contributed by atoms with E-state index < -0.39 is 18.2 Å². The molecule has 370 valence electrons. The van der Waals surface area contributed by atoms with Crippen LogP contribution in [0.2, 0.25) is 0 Å². The Morgan fingerprint density at radius 3 is 1.25 bits per heavy atom. The van der Waals surface area contributed by atoms with E-state index in [1.807, 2.05) is 0 Å². The van der Waals surface area contributed by atoms with Crippen molar-refractivity contribution in [3.05, 3.63) is 36.5 Å². The first-order chi connectivity index (χ1) is 31.0. The standard InChI is InChI=1S/C57H107NO5/c1-4-7-10-13-16-19-22-25-28-29-32-35-38-41-44-47-50-57(62)63-53(48-45-42-39-36-33-30-26-23-20-17-14-11-8-5-2)51-56(61)58-54(52-59)55(60)49-46-43-40-37-34-31-27-24-21-18-15-12-9-6-3/h28-30,33,36,39,53-55,59-60H,4-27,31-32,34-35,37-38,40-52H2,1-3H3,(H,58,61)/b29-28+,33-30+,39-36+.